The van der Waals surface area contributed by atoms with Gasteiger partial charge in [-0.3, -0.25) is 4.98 Å². The van der Waals surface area contributed by atoms with Crippen molar-refractivity contribution in [3.8, 4) is 0 Å². The fraction of sp³-hybridized carbons (Fsp3) is 0.533. The highest BCUT2D eigenvalue weighted by molar-refractivity contribution is 7.05. The summed E-state index contributed by atoms with van der Waals surface area (Å²) in [5.41, 5.74) is 3.78. The molecule has 0 saturated heterocycles. The molecule has 4 nitrogen and oxygen atoms in total. The molecule has 0 aliphatic heterocycles. The summed E-state index contributed by atoms with van der Waals surface area (Å²) >= 11 is 1.52. The van der Waals surface area contributed by atoms with Gasteiger partial charge in [0, 0.05) is 17.8 Å². The van der Waals surface area contributed by atoms with Crippen molar-refractivity contribution in [3.05, 3.63) is 40.2 Å². The van der Waals surface area contributed by atoms with E-state index in [1.54, 1.807) is 0 Å². The van der Waals surface area contributed by atoms with E-state index in [4.69, 9.17) is 0 Å². The highest BCUT2D eigenvalue weighted by Crippen LogP contribution is 2.40. The number of nitrogens with one attached hydrogen (secondary N) is 1. The maximum Gasteiger partial charge on any atom is 0.0801 e. The Bertz CT molecular complexity index is 581. The Hall–Kier alpha value is -1.33. The lowest BCUT2D eigenvalue weighted by molar-refractivity contribution is 0.418. The molecule has 2 heterocycles. The van der Waals surface area contributed by atoms with E-state index in [0.717, 1.165) is 18.5 Å². The molecule has 0 aromatic carbocycles. The van der Waals surface area contributed by atoms with Gasteiger partial charge in [0.2, 0.25) is 0 Å². The first-order valence-electron chi connectivity index (χ1n) is 7.27. The van der Waals surface area contributed by atoms with Crippen LogP contribution in [0.2, 0.25) is 0 Å². The second-order valence-corrected chi connectivity index (χ2v) is 6.04. The standard InChI is InChI=1S/C15H20N4S/c1-3-12-15(20-19-18-12)14(16-2)11-8-4-6-10-7-5-9-17-13(10)11/h5,7,9,11,14,16H,3-4,6,8H2,1-2H3. The van der Waals surface area contributed by atoms with Crippen LogP contribution in [0.3, 0.4) is 0 Å². The molecular formula is C15H20N4S. The Labute approximate surface area is 123 Å². The van der Waals surface area contributed by atoms with Crippen molar-refractivity contribution >= 4 is 11.5 Å². The van der Waals surface area contributed by atoms with Crippen LogP contribution in [0.1, 0.15) is 53.6 Å². The third-order valence-electron chi connectivity index (χ3n) is 4.15. The molecule has 2 atom stereocenters. The summed E-state index contributed by atoms with van der Waals surface area (Å²) < 4.78 is 4.14. The van der Waals surface area contributed by atoms with Gasteiger partial charge in [-0.15, -0.1) is 5.10 Å². The Kier molecular flexibility index (Phi) is 4.08. The number of hydrogen-bond donors (Lipinski definition) is 1. The molecule has 2 aromatic rings. The molecular weight excluding hydrogens is 268 g/mol. The van der Waals surface area contributed by atoms with E-state index in [2.05, 4.69) is 32.9 Å². The predicted molar refractivity (Wildman–Crippen MR) is 81.0 cm³/mol. The first kappa shape index (κ1) is 13.6. The minimum absolute atomic E-state index is 0.277. The summed E-state index contributed by atoms with van der Waals surface area (Å²) in [6, 6.07) is 4.53. The van der Waals surface area contributed by atoms with Crippen LogP contribution < -0.4 is 5.32 Å². The third-order valence-corrected chi connectivity index (χ3v) is 5.00. The highest BCUT2D eigenvalue weighted by Gasteiger charge is 2.31. The second kappa shape index (κ2) is 5.97. The van der Waals surface area contributed by atoms with Crippen LogP contribution in [-0.4, -0.2) is 21.6 Å². The largest absolute Gasteiger partial charge is 0.312 e. The van der Waals surface area contributed by atoms with Crippen molar-refractivity contribution in [3.63, 3.8) is 0 Å². The summed E-state index contributed by atoms with van der Waals surface area (Å²) in [6.45, 7) is 2.14. The average Bonchev–Trinajstić information content (AvgIpc) is 2.97. The topological polar surface area (TPSA) is 50.7 Å². The van der Waals surface area contributed by atoms with E-state index in [0.29, 0.717) is 5.92 Å². The number of hydrogen-bond acceptors (Lipinski definition) is 5. The van der Waals surface area contributed by atoms with Gasteiger partial charge < -0.3 is 5.32 Å². The van der Waals surface area contributed by atoms with Gasteiger partial charge in [-0.1, -0.05) is 17.5 Å². The highest BCUT2D eigenvalue weighted by atomic mass is 32.1. The molecule has 20 heavy (non-hydrogen) atoms. The van der Waals surface area contributed by atoms with Crippen LogP contribution >= 0.6 is 11.5 Å². The number of aryl methyl sites for hydroxylation is 2. The van der Waals surface area contributed by atoms with Gasteiger partial charge in [0.1, 0.15) is 0 Å². The van der Waals surface area contributed by atoms with Gasteiger partial charge >= 0.3 is 0 Å². The molecule has 2 aromatic heterocycles. The van der Waals surface area contributed by atoms with E-state index in [-0.39, 0.29) is 6.04 Å². The Morgan fingerprint density at radius 2 is 2.40 bits per heavy atom. The van der Waals surface area contributed by atoms with Gasteiger partial charge in [-0.05, 0) is 55.9 Å². The summed E-state index contributed by atoms with van der Waals surface area (Å²) in [4.78, 5) is 5.94. The molecule has 3 rings (SSSR count). The molecule has 2 unspecified atom stereocenters. The normalized spacial score (nSPS) is 19.6. The molecule has 0 amide bonds. The molecule has 0 saturated carbocycles. The summed E-state index contributed by atoms with van der Waals surface area (Å²) in [5.74, 6) is 0.428. The van der Waals surface area contributed by atoms with Gasteiger partial charge in [0.25, 0.3) is 0 Å². The lowest BCUT2D eigenvalue weighted by Crippen LogP contribution is -2.27. The number of pyridine rings is 1. The molecule has 0 spiro atoms. The molecule has 1 aliphatic rings. The van der Waals surface area contributed by atoms with E-state index in [1.165, 1.54) is 40.5 Å². The van der Waals surface area contributed by atoms with Crippen LogP contribution in [0, 0.1) is 0 Å². The molecule has 1 aliphatic carbocycles. The predicted octanol–water partition coefficient (Wildman–Crippen LogP) is 2.88. The van der Waals surface area contributed by atoms with Crippen LogP contribution in [-0.2, 0) is 12.8 Å². The number of aromatic nitrogens is 3. The van der Waals surface area contributed by atoms with E-state index >= 15 is 0 Å². The number of rotatable bonds is 4. The Morgan fingerprint density at radius 3 is 3.20 bits per heavy atom. The van der Waals surface area contributed by atoms with Gasteiger partial charge in [0.05, 0.1) is 16.6 Å². The monoisotopic (exact) mass is 288 g/mol. The quantitative estimate of drug-likeness (QED) is 0.940. The second-order valence-electron chi connectivity index (χ2n) is 5.25. The van der Waals surface area contributed by atoms with Gasteiger partial charge in [0.15, 0.2) is 0 Å². The Morgan fingerprint density at radius 1 is 1.50 bits per heavy atom. The smallest absolute Gasteiger partial charge is 0.0801 e. The van der Waals surface area contributed by atoms with E-state index in [9.17, 15) is 0 Å². The number of fused-ring (bicyclic) bond motifs is 1. The fourth-order valence-electron chi connectivity index (χ4n) is 3.18. The molecule has 106 valence electrons. The number of likely N-dealkylation sites (N-methyl/N-ethyl adjacent to an activating group) is 1. The molecule has 0 bridgehead atoms. The lowest BCUT2D eigenvalue weighted by atomic mass is 9.81. The van der Waals surface area contributed by atoms with Crippen molar-refractivity contribution < 1.29 is 0 Å². The number of nitrogens with zero attached hydrogens (tertiary/aromatic N) is 3. The van der Waals surface area contributed by atoms with Gasteiger partial charge in [-0.25, -0.2) is 0 Å². The zero-order valence-corrected chi connectivity index (χ0v) is 12.8. The van der Waals surface area contributed by atoms with Crippen LogP contribution in [0.4, 0.5) is 0 Å². The SMILES string of the molecule is CCc1nnsc1C(NC)C1CCCc2cccnc21. The minimum atomic E-state index is 0.277. The molecule has 1 N–H and O–H groups in total. The molecule has 0 fully saturated rings. The average molecular weight is 288 g/mol. The van der Waals surface area contributed by atoms with E-state index < -0.39 is 0 Å². The third kappa shape index (κ3) is 2.36. The maximum absolute atomic E-state index is 4.66. The first-order chi connectivity index (χ1) is 9.85. The molecule has 5 heteroatoms. The minimum Gasteiger partial charge on any atom is -0.312 e. The van der Waals surface area contributed by atoms with Crippen LogP contribution in [0.5, 0.6) is 0 Å². The van der Waals surface area contributed by atoms with Crippen molar-refractivity contribution in [1.82, 2.24) is 19.9 Å². The van der Waals surface area contributed by atoms with Gasteiger partial charge in [-0.2, -0.15) is 0 Å². The van der Waals surface area contributed by atoms with Crippen molar-refractivity contribution in [2.75, 3.05) is 7.05 Å². The molecule has 0 radical (unpaired) electrons. The van der Waals surface area contributed by atoms with Crippen LogP contribution in [0.15, 0.2) is 18.3 Å². The summed E-state index contributed by atoms with van der Waals surface area (Å²) in [7, 11) is 2.03. The van der Waals surface area contributed by atoms with E-state index in [1.807, 2.05) is 19.3 Å². The Balaban J connectivity index is 1.99. The zero-order chi connectivity index (χ0) is 13.9. The van der Waals surface area contributed by atoms with Crippen molar-refractivity contribution in [2.45, 2.75) is 44.6 Å². The lowest BCUT2D eigenvalue weighted by Gasteiger charge is -2.30. The fourth-order valence-corrected chi connectivity index (χ4v) is 4.10. The van der Waals surface area contributed by atoms with Crippen molar-refractivity contribution in [2.24, 2.45) is 0 Å². The van der Waals surface area contributed by atoms with Crippen LogP contribution in [0.25, 0.3) is 0 Å². The van der Waals surface area contributed by atoms with Crippen molar-refractivity contribution in [1.29, 1.82) is 0 Å². The maximum atomic E-state index is 4.66. The zero-order valence-electron chi connectivity index (χ0n) is 12.0. The summed E-state index contributed by atoms with van der Waals surface area (Å²) in [6.07, 6.45) is 6.41. The summed E-state index contributed by atoms with van der Waals surface area (Å²) in [5, 5.41) is 7.74. The first-order valence-corrected chi connectivity index (χ1v) is 8.04.